The number of anilines is 1. The summed E-state index contributed by atoms with van der Waals surface area (Å²) in [7, 11) is 1.48. The fourth-order valence-electron chi connectivity index (χ4n) is 1.51. The van der Waals surface area contributed by atoms with Crippen LogP contribution in [0.5, 0.6) is 5.75 Å². The van der Waals surface area contributed by atoms with Gasteiger partial charge in [-0.15, -0.1) is 11.3 Å². The van der Waals surface area contributed by atoms with Gasteiger partial charge in [-0.25, -0.2) is 9.78 Å². The largest absolute Gasteiger partial charge is 0.497 e. The quantitative estimate of drug-likeness (QED) is 0.653. The number of methoxy groups -OCH3 is 1. The Hall–Kier alpha value is -2.41. The van der Waals surface area contributed by atoms with Gasteiger partial charge in [-0.1, -0.05) is 0 Å². The van der Waals surface area contributed by atoms with Gasteiger partial charge in [-0.2, -0.15) is 5.10 Å². The lowest BCUT2D eigenvalue weighted by Crippen LogP contribution is -1.99. The Bertz CT molecular complexity index is 652. The Labute approximate surface area is 119 Å². The van der Waals surface area contributed by atoms with E-state index in [1.807, 2.05) is 12.3 Å². The third kappa shape index (κ3) is 3.55. The summed E-state index contributed by atoms with van der Waals surface area (Å²) in [5.41, 5.74) is 4.48. The van der Waals surface area contributed by atoms with Crippen LogP contribution in [0.4, 0.5) is 5.13 Å². The van der Waals surface area contributed by atoms with E-state index in [1.54, 1.807) is 6.07 Å². The molecule has 2 aromatic rings. The number of aryl methyl sites for hydroxylation is 1. The average Bonchev–Trinajstić information content (AvgIpc) is 2.84. The lowest BCUT2D eigenvalue weighted by molar-refractivity contribution is 0.0696. The fraction of sp³-hybridized carbons (Fsp3) is 0.154. The van der Waals surface area contributed by atoms with Crippen molar-refractivity contribution in [2.45, 2.75) is 6.92 Å². The Morgan fingerprint density at radius 1 is 1.50 bits per heavy atom. The topological polar surface area (TPSA) is 83.8 Å². The molecule has 1 aromatic heterocycles. The number of carbonyl (C=O) groups is 1. The number of benzene rings is 1. The molecular formula is C13H13N3O3S. The molecule has 6 nitrogen and oxygen atoms in total. The zero-order valence-electron chi connectivity index (χ0n) is 11.0. The summed E-state index contributed by atoms with van der Waals surface area (Å²) in [5.74, 6) is -0.543. The summed E-state index contributed by atoms with van der Waals surface area (Å²) < 4.78 is 5.06. The van der Waals surface area contributed by atoms with Gasteiger partial charge in [0.1, 0.15) is 5.75 Å². The van der Waals surface area contributed by atoms with Gasteiger partial charge in [0.2, 0.25) is 5.13 Å². The van der Waals surface area contributed by atoms with Gasteiger partial charge < -0.3 is 9.84 Å². The molecule has 0 fully saturated rings. The van der Waals surface area contributed by atoms with Crippen LogP contribution in [0.25, 0.3) is 0 Å². The van der Waals surface area contributed by atoms with Crippen molar-refractivity contribution in [3.63, 3.8) is 0 Å². The number of hydrazone groups is 1. The Morgan fingerprint density at radius 2 is 2.30 bits per heavy atom. The van der Waals surface area contributed by atoms with Crippen molar-refractivity contribution in [3.05, 3.63) is 40.4 Å². The number of hydrogen-bond donors (Lipinski definition) is 2. The second kappa shape index (κ2) is 6.16. The minimum absolute atomic E-state index is 0.149. The van der Waals surface area contributed by atoms with E-state index >= 15 is 0 Å². The van der Waals surface area contributed by atoms with Crippen molar-refractivity contribution in [2.75, 3.05) is 12.5 Å². The van der Waals surface area contributed by atoms with Gasteiger partial charge in [-0.3, -0.25) is 5.43 Å². The monoisotopic (exact) mass is 291 g/mol. The van der Waals surface area contributed by atoms with Crippen LogP contribution in [0.15, 0.2) is 28.7 Å². The maximum Gasteiger partial charge on any atom is 0.335 e. The molecule has 7 heteroatoms. The second-order valence-corrected chi connectivity index (χ2v) is 4.82. The lowest BCUT2D eigenvalue weighted by Gasteiger charge is -2.03. The van der Waals surface area contributed by atoms with Gasteiger partial charge in [0.15, 0.2) is 0 Å². The summed E-state index contributed by atoms with van der Waals surface area (Å²) in [6.07, 6.45) is 1.52. The standard InChI is InChI=1S/C13H13N3O3S/c1-8-7-20-13(15-8)16-14-6-9-3-10(12(17)18)5-11(4-9)19-2/h3-7H,1-2H3,(H,15,16)(H,17,18). The number of nitrogens with zero attached hydrogens (tertiary/aromatic N) is 2. The Kier molecular flexibility index (Phi) is 4.31. The number of ether oxygens (including phenoxy) is 1. The fourth-order valence-corrected chi connectivity index (χ4v) is 2.14. The minimum atomic E-state index is -1.01. The predicted octanol–water partition coefficient (Wildman–Crippen LogP) is 2.60. The van der Waals surface area contributed by atoms with Crippen molar-refractivity contribution in [1.29, 1.82) is 0 Å². The maximum absolute atomic E-state index is 11.0. The van der Waals surface area contributed by atoms with E-state index in [1.165, 1.54) is 36.8 Å². The van der Waals surface area contributed by atoms with Gasteiger partial charge in [0.25, 0.3) is 0 Å². The highest BCUT2D eigenvalue weighted by atomic mass is 32.1. The summed E-state index contributed by atoms with van der Waals surface area (Å²) in [6, 6.07) is 4.67. The number of aromatic nitrogens is 1. The zero-order chi connectivity index (χ0) is 14.5. The highest BCUT2D eigenvalue weighted by Gasteiger charge is 2.06. The van der Waals surface area contributed by atoms with Crippen molar-refractivity contribution >= 4 is 28.7 Å². The zero-order valence-corrected chi connectivity index (χ0v) is 11.8. The smallest absolute Gasteiger partial charge is 0.335 e. The van der Waals surface area contributed by atoms with Crippen LogP contribution >= 0.6 is 11.3 Å². The minimum Gasteiger partial charge on any atom is -0.497 e. The summed E-state index contributed by atoms with van der Waals surface area (Å²) in [4.78, 5) is 15.2. The molecular weight excluding hydrogens is 278 g/mol. The molecule has 0 amide bonds. The first-order chi connectivity index (χ1) is 9.58. The third-order valence-corrected chi connectivity index (χ3v) is 3.27. The molecule has 0 saturated carbocycles. The highest BCUT2D eigenvalue weighted by molar-refractivity contribution is 7.13. The van der Waals surface area contributed by atoms with Crippen LogP contribution in [-0.4, -0.2) is 29.4 Å². The van der Waals surface area contributed by atoms with Crippen LogP contribution in [-0.2, 0) is 0 Å². The molecule has 0 unspecified atom stereocenters. The molecule has 0 radical (unpaired) electrons. The molecule has 1 aromatic carbocycles. The van der Waals surface area contributed by atoms with Crippen LogP contribution in [0.2, 0.25) is 0 Å². The number of carboxylic acid groups (broad SMARTS) is 1. The van der Waals surface area contributed by atoms with Crippen molar-refractivity contribution in [3.8, 4) is 5.75 Å². The first-order valence-corrected chi connectivity index (χ1v) is 6.60. The Morgan fingerprint density at radius 3 is 2.90 bits per heavy atom. The van der Waals surface area contributed by atoms with Crippen molar-refractivity contribution in [2.24, 2.45) is 5.10 Å². The first kappa shape index (κ1) is 14.0. The van der Waals surface area contributed by atoms with E-state index in [-0.39, 0.29) is 5.56 Å². The molecule has 20 heavy (non-hydrogen) atoms. The van der Waals surface area contributed by atoms with Gasteiger partial charge >= 0.3 is 5.97 Å². The van der Waals surface area contributed by atoms with E-state index < -0.39 is 5.97 Å². The summed E-state index contributed by atoms with van der Waals surface area (Å²) in [5, 5.41) is 15.6. The number of hydrogen-bond acceptors (Lipinski definition) is 6. The van der Waals surface area contributed by atoms with Gasteiger partial charge in [0.05, 0.1) is 24.6 Å². The number of aromatic carboxylic acids is 1. The molecule has 0 aliphatic carbocycles. The number of nitrogens with one attached hydrogen (secondary N) is 1. The maximum atomic E-state index is 11.0. The molecule has 0 spiro atoms. The van der Waals surface area contributed by atoms with Crippen LogP contribution in [0, 0.1) is 6.92 Å². The molecule has 0 aliphatic rings. The second-order valence-electron chi connectivity index (χ2n) is 3.96. The molecule has 104 valence electrons. The van der Waals surface area contributed by atoms with E-state index in [0.29, 0.717) is 16.4 Å². The van der Waals surface area contributed by atoms with E-state index in [0.717, 1.165) is 5.69 Å². The number of thiazole rings is 1. The third-order valence-electron chi connectivity index (χ3n) is 2.40. The highest BCUT2D eigenvalue weighted by Crippen LogP contribution is 2.17. The molecule has 0 saturated heterocycles. The Balaban J connectivity index is 2.15. The van der Waals surface area contributed by atoms with Crippen LogP contribution in [0.3, 0.4) is 0 Å². The summed E-state index contributed by atoms with van der Waals surface area (Å²) in [6.45, 7) is 1.90. The predicted molar refractivity (Wildman–Crippen MR) is 78.0 cm³/mol. The molecule has 1 heterocycles. The van der Waals surface area contributed by atoms with E-state index in [4.69, 9.17) is 9.84 Å². The van der Waals surface area contributed by atoms with Crippen LogP contribution in [0.1, 0.15) is 21.6 Å². The van der Waals surface area contributed by atoms with E-state index in [2.05, 4.69) is 15.5 Å². The molecule has 2 rings (SSSR count). The normalized spacial score (nSPS) is 10.7. The molecule has 0 atom stereocenters. The number of carboxylic acids is 1. The molecule has 0 aliphatic heterocycles. The SMILES string of the molecule is COc1cc(C=NNc2nc(C)cs2)cc(C(=O)O)c1. The van der Waals surface area contributed by atoms with Gasteiger partial charge in [-0.05, 0) is 30.7 Å². The first-order valence-electron chi connectivity index (χ1n) is 5.72. The average molecular weight is 291 g/mol. The molecule has 0 bridgehead atoms. The number of rotatable bonds is 5. The van der Waals surface area contributed by atoms with Crippen LogP contribution < -0.4 is 10.2 Å². The van der Waals surface area contributed by atoms with Gasteiger partial charge in [0, 0.05) is 5.38 Å². The van der Waals surface area contributed by atoms with Crippen molar-refractivity contribution < 1.29 is 14.6 Å². The van der Waals surface area contributed by atoms with E-state index in [9.17, 15) is 4.79 Å². The summed E-state index contributed by atoms with van der Waals surface area (Å²) >= 11 is 1.45. The lowest BCUT2D eigenvalue weighted by atomic mass is 10.1. The van der Waals surface area contributed by atoms with Crippen molar-refractivity contribution in [1.82, 2.24) is 4.98 Å². The molecule has 2 N–H and O–H groups in total.